The van der Waals surface area contributed by atoms with Crippen molar-refractivity contribution in [1.82, 2.24) is 0 Å². The molecule has 0 saturated carbocycles. The molecule has 0 bridgehead atoms. The van der Waals surface area contributed by atoms with Gasteiger partial charge < -0.3 is 4.74 Å². The number of ether oxygens (including phenoxy) is 1. The maximum absolute atomic E-state index is 13.6. The normalized spacial score (nSPS) is 11.8. The second-order valence-electron chi connectivity index (χ2n) is 6.27. The predicted molar refractivity (Wildman–Crippen MR) is 123 cm³/mol. The third kappa shape index (κ3) is 5.39. The number of benzene rings is 3. The molecule has 2 N–H and O–H groups in total. The Balaban J connectivity index is 2.04. The lowest BCUT2D eigenvalue weighted by atomic mass is 10.3. The van der Waals surface area contributed by atoms with Crippen LogP contribution in [0.3, 0.4) is 0 Å². The van der Waals surface area contributed by atoms with Gasteiger partial charge in [-0.2, -0.15) is 0 Å². The van der Waals surface area contributed by atoms with Crippen molar-refractivity contribution in [3.63, 3.8) is 0 Å². The number of halogens is 4. The highest BCUT2D eigenvalue weighted by molar-refractivity contribution is 9.11. The van der Waals surface area contributed by atoms with E-state index in [0.29, 0.717) is 0 Å². The van der Waals surface area contributed by atoms with E-state index in [4.69, 9.17) is 4.74 Å². The average molecular weight is 612 g/mol. The van der Waals surface area contributed by atoms with Crippen molar-refractivity contribution in [2.75, 3.05) is 16.6 Å². The minimum absolute atomic E-state index is 0.0768. The van der Waals surface area contributed by atoms with Crippen LogP contribution in [0.15, 0.2) is 73.3 Å². The molecule has 32 heavy (non-hydrogen) atoms. The van der Waals surface area contributed by atoms with Gasteiger partial charge in [-0.15, -0.1) is 0 Å². The summed E-state index contributed by atoms with van der Waals surface area (Å²) in [5.41, 5.74) is -0.172. The zero-order valence-electron chi connectivity index (χ0n) is 16.1. The Labute approximate surface area is 200 Å². The van der Waals surface area contributed by atoms with Crippen molar-refractivity contribution in [3.05, 3.63) is 75.2 Å². The predicted octanol–water partition coefficient (Wildman–Crippen LogP) is 5.10. The lowest BCUT2D eigenvalue weighted by Crippen LogP contribution is -2.17. The quantitative estimate of drug-likeness (QED) is 0.387. The van der Waals surface area contributed by atoms with Crippen molar-refractivity contribution >= 4 is 63.3 Å². The highest BCUT2D eigenvalue weighted by atomic mass is 79.9. The zero-order valence-corrected chi connectivity index (χ0v) is 20.9. The summed E-state index contributed by atoms with van der Waals surface area (Å²) in [6, 6.07) is 9.98. The van der Waals surface area contributed by atoms with Gasteiger partial charge in [-0.25, -0.2) is 25.6 Å². The number of nitrogens with one attached hydrogen (secondary N) is 2. The van der Waals surface area contributed by atoms with Gasteiger partial charge in [-0.1, -0.05) is 0 Å². The lowest BCUT2D eigenvalue weighted by Gasteiger charge is -2.15. The molecule has 0 amide bonds. The van der Waals surface area contributed by atoms with Gasteiger partial charge in [0.2, 0.25) is 0 Å². The fraction of sp³-hybridized carbons (Fsp3) is 0.0526. The summed E-state index contributed by atoms with van der Waals surface area (Å²) in [4.78, 5) is -0.925. The summed E-state index contributed by atoms with van der Waals surface area (Å²) in [6.45, 7) is 0. The first kappa shape index (κ1) is 24.4. The first-order valence-corrected chi connectivity index (χ1v) is 13.1. The smallest absolute Gasteiger partial charge is 0.265 e. The third-order valence-corrected chi connectivity index (χ3v) is 8.21. The second kappa shape index (κ2) is 9.33. The van der Waals surface area contributed by atoms with Crippen LogP contribution in [0.1, 0.15) is 0 Å². The summed E-state index contributed by atoms with van der Waals surface area (Å²) >= 11 is 6.24. The first-order chi connectivity index (χ1) is 14.9. The summed E-state index contributed by atoms with van der Waals surface area (Å²) in [6.07, 6.45) is 0. The van der Waals surface area contributed by atoms with Crippen molar-refractivity contribution in [2.24, 2.45) is 0 Å². The van der Waals surface area contributed by atoms with E-state index >= 15 is 0 Å². The molecule has 0 spiro atoms. The fourth-order valence-electron chi connectivity index (χ4n) is 2.59. The molecule has 0 radical (unpaired) electrons. The number of hydrogen-bond acceptors (Lipinski definition) is 5. The van der Waals surface area contributed by atoms with Gasteiger partial charge in [0.15, 0.2) is 0 Å². The van der Waals surface area contributed by atoms with Gasteiger partial charge in [0.05, 0.1) is 23.4 Å². The van der Waals surface area contributed by atoms with E-state index in [1.54, 1.807) is 0 Å². The first-order valence-electron chi connectivity index (χ1n) is 8.57. The van der Waals surface area contributed by atoms with Gasteiger partial charge in [-0.05, 0) is 86.5 Å². The molecule has 0 aliphatic rings. The third-order valence-electron chi connectivity index (χ3n) is 4.08. The van der Waals surface area contributed by atoms with Crippen molar-refractivity contribution in [1.29, 1.82) is 0 Å². The molecule has 0 heterocycles. The maximum Gasteiger partial charge on any atom is 0.265 e. The summed E-state index contributed by atoms with van der Waals surface area (Å²) < 4.78 is 88.7. The van der Waals surface area contributed by atoms with Gasteiger partial charge in [-0.3, -0.25) is 9.44 Å². The van der Waals surface area contributed by atoms with Crippen LogP contribution in [-0.2, 0) is 20.0 Å². The Morgan fingerprint density at radius 3 is 1.75 bits per heavy atom. The number of rotatable bonds is 7. The van der Waals surface area contributed by atoms with Crippen LogP contribution >= 0.6 is 31.9 Å². The van der Waals surface area contributed by atoms with Gasteiger partial charge in [0.25, 0.3) is 20.0 Å². The molecule has 13 heteroatoms. The Bertz CT molecular complexity index is 1400. The second-order valence-corrected chi connectivity index (χ2v) is 11.3. The SMILES string of the molecule is COc1ccc(S(=O)(=O)Nc2cc(F)ccc2Br)cc1S(=O)(=O)Nc1cc(F)ccc1Br. The van der Waals surface area contributed by atoms with E-state index in [1.165, 1.54) is 19.2 Å². The van der Waals surface area contributed by atoms with Crippen LogP contribution in [0, 0.1) is 11.6 Å². The summed E-state index contributed by atoms with van der Waals surface area (Å²) in [5, 5.41) is 0. The minimum Gasteiger partial charge on any atom is -0.495 e. The largest absolute Gasteiger partial charge is 0.495 e. The van der Waals surface area contributed by atoms with E-state index < -0.39 is 41.5 Å². The Hall–Kier alpha value is -2.22. The van der Waals surface area contributed by atoms with E-state index in [0.717, 1.165) is 42.5 Å². The van der Waals surface area contributed by atoms with Gasteiger partial charge in [0, 0.05) is 8.95 Å². The van der Waals surface area contributed by atoms with Gasteiger partial charge in [0.1, 0.15) is 22.3 Å². The van der Waals surface area contributed by atoms with Crippen LogP contribution in [0.5, 0.6) is 5.75 Å². The molecule has 0 unspecified atom stereocenters. The molecule has 3 aromatic rings. The molecule has 3 aromatic carbocycles. The fourth-order valence-corrected chi connectivity index (χ4v) is 5.98. The molecule has 0 fully saturated rings. The molecular weight excluding hydrogens is 598 g/mol. The molecule has 0 atom stereocenters. The van der Waals surface area contributed by atoms with E-state index in [1.807, 2.05) is 0 Å². The maximum atomic E-state index is 13.6. The van der Waals surface area contributed by atoms with E-state index in [2.05, 4.69) is 41.3 Å². The van der Waals surface area contributed by atoms with Crippen molar-refractivity contribution in [3.8, 4) is 5.75 Å². The lowest BCUT2D eigenvalue weighted by molar-refractivity contribution is 0.402. The molecule has 7 nitrogen and oxygen atoms in total. The van der Waals surface area contributed by atoms with Crippen LogP contribution in [-0.4, -0.2) is 23.9 Å². The molecule has 0 saturated heterocycles. The number of hydrogen-bond donors (Lipinski definition) is 2. The highest BCUT2D eigenvalue weighted by Crippen LogP contribution is 2.32. The molecule has 170 valence electrons. The summed E-state index contributed by atoms with van der Waals surface area (Å²) in [7, 11) is -7.50. The minimum atomic E-state index is -4.40. The Morgan fingerprint density at radius 1 is 0.750 bits per heavy atom. The number of sulfonamides is 2. The summed E-state index contributed by atoms with van der Waals surface area (Å²) in [5.74, 6) is -1.50. The molecular formula is C19H14Br2F2N2O5S2. The Kier molecular flexibility index (Phi) is 7.12. The molecule has 0 aliphatic carbocycles. The van der Waals surface area contributed by atoms with E-state index in [-0.39, 0.29) is 26.1 Å². The number of methoxy groups -OCH3 is 1. The van der Waals surface area contributed by atoms with Crippen LogP contribution < -0.4 is 14.2 Å². The topological polar surface area (TPSA) is 102 Å². The van der Waals surface area contributed by atoms with Crippen LogP contribution in [0.4, 0.5) is 20.2 Å². The van der Waals surface area contributed by atoms with Gasteiger partial charge >= 0.3 is 0 Å². The highest BCUT2D eigenvalue weighted by Gasteiger charge is 2.25. The number of anilines is 2. The standard InChI is InChI=1S/C19H14Br2F2N2O5S2/c1-30-18-7-4-13(31(26,27)24-16-8-11(22)2-5-14(16)20)10-19(18)32(28,29)25-17-9-12(23)3-6-15(17)21/h2-10,24-25H,1H3. The monoisotopic (exact) mass is 610 g/mol. The van der Waals surface area contributed by atoms with E-state index in [9.17, 15) is 25.6 Å². The Morgan fingerprint density at radius 2 is 1.25 bits per heavy atom. The molecule has 3 rings (SSSR count). The van der Waals surface area contributed by atoms with Crippen molar-refractivity contribution < 1.29 is 30.4 Å². The van der Waals surface area contributed by atoms with Crippen molar-refractivity contribution in [2.45, 2.75) is 9.79 Å². The zero-order chi connectivity index (χ0) is 23.7. The molecule has 0 aliphatic heterocycles. The van der Waals surface area contributed by atoms with Crippen LogP contribution in [0.25, 0.3) is 0 Å². The average Bonchev–Trinajstić information content (AvgIpc) is 2.72. The van der Waals surface area contributed by atoms with Crippen LogP contribution in [0.2, 0.25) is 0 Å². The molecule has 0 aromatic heterocycles.